The Hall–Kier alpha value is -3.64. The number of amides is 3. The molecule has 3 N–H and O–H groups in total. The van der Waals surface area contributed by atoms with Crippen LogP contribution in [0.2, 0.25) is 0 Å². The lowest BCUT2D eigenvalue weighted by atomic mass is 9.73. The molecule has 13 heteroatoms. The number of carbonyl (C=O) groups excluding carboxylic acids is 3. The first-order valence-electron chi connectivity index (χ1n) is 13.2. The van der Waals surface area contributed by atoms with Crippen LogP contribution in [0.5, 0.6) is 0 Å². The molecule has 10 nitrogen and oxygen atoms in total. The average molecular weight is 565 g/mol. The number of hydrogen-bond donors (Lipinski definition) is 2. The molecule has 3 amide bonds. The number of likely N-dealkylation sites (tertiary alicyclic amines) is 1. The summed E-state index contributed by atoms with van der Waals surface area (Å²) in [6, 6.07) is 3.19. The van der Waals surface area contributed by atoms with Gasteiger partial charge in [0.15, 0.2) is 11.5 Å². The molecule has 4 rings (SSSR count). The fraction of sp³-hybridized carbons (Fsp3) is 0.593. The molecule has 1 saturated heterocycles. The van der Waals surface area contributed by atoms with E-state index >= 15 is 0 Å². The topological polar surface area (TPSA) is 135 Å². The van der Waals surface area contributed by atoms with Crippen molar-refractivity contribution in [3.8, 4) is 11.5 Å². The van der Waals surface area contributed by atoms with Gasteiger partial charge in [-0.2, -0.15) is 13.2 Å². The summed E-state index contributed by atoms with van der Waals surface area (Å²) >= 11 is 0. The zero-order valence-electron chi connectivity index (χ0n) is 23.1. The molecular weight excluding hydrogens is 529 g/mol. The zero-order chi connectivity index (χ0) is 29.5. The molecule has 2 aliphatic heterocycles. The summed E-state index contributed by atoms with van der Waals surface area (Å²) in [5.74, 6) is -0.445. The lowest BCUT2D eigenvalue weighted by Gasteiger charge is -2.47. The molecule has 0 radical (unpaired) electrons. The van der Waals surface area contributed by atoms with Crippen LogP contribution in [0, 0.1) is 11.3 Å². The molecule has 0 bridgehead atoms. The highest BCUT2D eigenvalue weighted by molar-refractivity contribution is 5.80. The van der Waals surface area contributed by atoms with Crippen LogP contribution in [0.25, 0.3) is 11.5 Å². The summed E-state index contributed by atoms with van der Waals surface area (Å²) in [5, 5.41) is 0. The normalized spacial score (nSPS) is 19.7. The van der Waals surface area contributed by atoms with Gasteiger partial charge >= 0.3 is 12.3 Å². The SMILES string of the molecule is C[C@@H]1CCC(=O)N(C[C@@](CC(=O)N2CCc3c(nc(-c4ccc[nH]4)nc3C(F)(F)F)C2)(OC(N)=O)C(C)(C)C)C1. The zero-order valence-corrected chi connectivity index (χ0v) is 23.1. The first kappa shape index (κ1) is 29.3. The minimum Gasteiger partial charge on any atom is -0.440 e. The molecule has 2 atom stereocenters. The number of rotatable bonds is 6. The van der Waals surface area contributed by atoms with Gasteiger partial charge in [0.1, 0.15) is 5.60 Å². The molecule has 0 saturated carbocycles. The van der Waals surface area contributed by atoms with Crippen LogP contribution in [0.3, 0.4) is 0 Å². The third-order valence-corrected chi connectivity index (χ3v) is 7.81. The maximum Gasteiger partial charge on any atom is 0.433 e. The summed E-state index contributed by atoms with van der Waals surface area (Å²) < 4.78 is 47.5. The summed E-state index contributed by atoms with van der Waals surface area (Å²) in [5.41, 5.74) is 2.52. The van der Waals surface area contributed by atoms with Crippen molar-refractivity contribution in [2.75, 3.05) is 19.6 Å². The molecule has 0 spiro atoms. The van der Waals surface area contributed by atoms with Crippen LogP contribution in [0.4, 0.5) is 18.0 Å². The Kier molecular flexibility index (Phi) is 7.88. The van der Waals surface area contributed by atoms with E-state index in [9.17, 15) is 27.6 Å². The number of hydrogen-bond acceptors (Lipinski definition) is 6. The van der Waals surface area contributed by atoms with Gasteiger partial charge in [0.2, 0.25) is 11.8 Å². The first-order valence-corrected chi connectivity index (χ1v) is 13.2. The van der Waals surface area contributed by atoms with Gasteiger partial charge in [-0.05, 0) is 30.9 Å². The molecule has 1 fully saturated rings. The Morgan fingerprint density at radius 1 is 1.20 bits per heavy atom. The number of nitrogens with two attached hydrogens (primary N) is 1. The number of halogens is 3. The van der Waals surface area contributed by atoms with Crippen molar-refractivity contribution < 1.29 is 32.3 Å². The van der Waals surface area contributed by atoms with E-state index in [2.05, 4.69) is 15.0 Å². The molecular formula is C27H35F3N6O4. The Labute approximate surface area is 230 Å². The fourth-order valence-electron chi connectivity index (χ4n) is 5.35. The van der Waals surface area contributed by atoms with Gasteiger partial charge in [0.25, 0.3) is 0 Å². The highest BCUT2D eigenvalue weighted by atomic mass is 19.4. The molecule has 4 heterocycles. The number of fused-ring (bicyclic) bond motifs is 1. The van der Waals surface area contributed by atoms with Crippen LogP contribution < -0.4 is 5.73 Å². The lowest BCUT2D eigenvalue weighted by molar-refractivity contribution is -0.154. The number of aromatic nitrogens is 3. The maximum atomic E-state index is 13.9. The molecule has 2 aliphatic rings. The lowest BCUT2D eigenvalue weighted by Crippen LogP contribution is -2.59. The van der Waals surface area contributed by atoms with Crippen molar-refractivity contribution in [1.29, 1.82) is 0 Å². The van der Waals surface area contributed by atoms with E-state index in [0.717, 1.165) is 6.42 Å². The van der Waals surface area contributed by atoms with Crippen molar-refractivity contribution in [1.82, 2.24) is 24.8 Å². The Bertz CT molecular complexity index is 1270. The molecule has 40 heavy (non-hydrogen) atoms. The molecule has 218 valence electrons. The second-order valence-corrected chi connectivity index (χ2v) is 11.7. The number of nitrogens with one attached hydrogen (secondary N) is 1. The van der Waals surface area contributed by atoms with Crippen LogP contribution in [0.1, 0.15) is 63.9 Å². The van der Waals surface area contributed by atoms with Crippen LogP contribution in [-0.2, 0) is 33.5 Å². The standard InChI is InChI=1S/C27H35F3N6O4/c1-16-7-8-20(37)36(13-16)15-26(25(2,3)4,40-24(31)39)12-21(38)35-11-9-17-19(14-35)33-23(18-6-5-10-32-18)34-22(17)27(28,29)30/h5-6,10,16,32H,7-9,11-15H2,1-4H3,(H2,31,39)/t16-,26-/m1/s1. The van der Waals surface area contributed by atoms with E-state index in [-0.39, 0.29) is 61.4 Å². The Morgan fingerprint density at radius 3 is 2.52 bits per heavy atom. The number of primary amides is 1. The molecule has 0 unspecified atom stereocenters. The van der Waals surface area contributed by atoms with E-state index in [4.69, 9.17) is 10.5 Å². The van der Waals surface area contributed by atoms with E-state index in [0.29, 0.717) is 18.7 Å². The quantitative estimate of drug-likeness (QED) is 0.547. The number of piperidine rings is 1. The van der Waals surface area contributed by atoms with E-state index < -0.39 is 34.9 Å². The molecule has 0 aromatic carbocycles. The number of carbonyl (C=O) groups is 3. The summed E-state index contributed by atoms with van der Waals surface area (Å²) in [6.45, 7) is 7.62. The van der Waals surface area contributed by atoms with Gasteiger partial charge in [0.05, 0.1) is 30.9 Å². The monoisotopic (exact) mass is 564 g/mol. The summed E-state index contributed by atoms with van der Waals surface area (Å²) in [4.78, 5) is 52.6. The smallest absolute Gasteiger partial charge is 0.433 e. The van der Waals surface area contributed by atoms with Gasteiger partial charge in [0, 0.05) is 36.7 Å². The number of aromatic amines is 1. The van der Waals surface area contributed by atoms with Gasteiger partial charge in [-0.1, -0.05) is 27.7 Å². The predicted octanol–water partition coefficient (Wildman–Crippen LogP) is 3.90. The Morgan fingerprint density at radius 2 is 1.93 bits per heavy atom. The van der Waals surface area contributed by atoms with Crippen molar-refractivity contribution in [3.63, 3.8) is 0 Å². The highest BCUT2D eigenvalue weighted by Crippen LogP contribution is 2.40. The second-order valence-electron chi connectivity index (χ2n) is 11.7. The van der Waals surface area contributed by atoms with Gasteiger partial charge < -0.3 is 25.3 Å². The largest absolute Gasteiger partial charge is 0.440 e. The molecule has 2 aromatic heterocycles. The van der Waals surface area contributed by atoms with Crippen molar-refractivity contribution in [2.45, 2.75) is 71.7 Å². The van der Waals surface area contributed by atoms with Crippen molar-refractivity contribution >= 4 is 17.9 Å². The third kappa shape index (κ3) is 6.07. The van der Waals surface area contributed by atoms with Gasteiger partial charge in [-0.3, -0.25) is 9.59 Å². The number of H-pyrrole nitrogens is 1. The fourth-order valence-corrected chi connectivity index (χ4v) is 5.35. The van der Waals surface area contributed by atoms with Crippen LogP contribution in [-0.4, -0.2) is 67.9 Å². The second kappa shape index (κ2) is 10.7. The minimum absolute atomic E-state index is 0.00338. The van der Waals surface area contributed by atoms with E-state index in [1.165, 1.54) is 4.90 Å². The summed E-state index contributed by atoms with van der Waals surface area (Å²) in [6.07, 6.45) is -3.54. The van der Waals surface area contributed by atoms with Crippen molar-refractivity contribution in [3.05, 3.63) is 35.3 Å². The van der Waals surface area contributed by atoms with Gasteiger partial charge in [-0.15, -0.1) is 0 Å². The van der Waals surface area contributed by atoms with Crippen LogP contribution in [0.15, 0.2) is 18.3 Å². The van der Waals surface area contributed by atoms with Crippen LogP contribution >= 0.6 is 0 Å². The van der Waals surface area contributed by atoms with Crippen molar-refractivity contribution in [2.24, 2.45) is 17.1 Å². The van der Waals surface area contributed by atoms with E-state index in [1.54, 1.807) is 44.0 Å². The highest BCUT2D eigenvalue weighted by Gasteiger charge is 2.50. The first-order chi connectivity index (χ1) is 18.6. The molecule has 2 aromatic rings. The minimum atomic E-state index is -4.70. The van der Waals surface area contributed by atoms with Gasteiger partial charge in [-0.25, -0.2) is 14.8 Å². The summed E-state index contributed by atoms with van der Waals surface area (Å²) in [7, 11) is 0. The predicted molar refractivity (Wildman–Crippen MR) is 138 cm³/mol. The average Bonchev–Trinajstić information content (AvgIpc) is 3.38. The Balaban J connectivity index is 1.66. The number of alkyl halides is 3. The maximum absolute atomic E-state index is 13.9. The molecule has 0 aliphatic carbocycles. The van der Waals surface area contributed by atoms with E-state index in [1.807, 2.05) is 6.92 Å². The third-order valence-electron chi connectivity index (χ3n) is 7.81. The number of ether oxygens (including phenoxy) is 1. The number of nitrogens with zero attached hydrogens (tertiary/aromatic N) is 4.